The van der Waals surface area contributed by atoms with Crippen LogP contribution in [0.5, 0.6) is 0 Å². The van der Waals surface area contributed by atoms with Crippen LogP contribution >= 0.6 is 24.8 Å². The second-order valence-electron chi connectivity index (χ2n) is 3.39. The summed E-state index contributed by atoms with van der Waals surface area (Å²) in [7, 11) is 0. The quantitative estimate of drug-likeness (QED) is 0.515. The second-order valence-corrected chi connectivity index (χ2v) is 5.81. The Labute approximate surface area is 143 Å². The maximum absolute atomic E-state index is 9.11. The molecule has 0 radical (unpaired) electrons. The summed E-state index contributed by atoms with van der Waals surface area (Å²) in [5, 5.41) is 15.2. The van der Waals surface area contributed by atoms with Gasteiger partial charge in [-0.2, -0.15) is 11.1 Å². The zero-order chi connectivity index (χ0) is 13.1. The molecule has 0 amide bonds. The minimum atomic E-state index is -0.992. The van der Waals surface area contributed by atoms with Crippen LogP contribution < -0.4 is 0 Å². The van der Waals surface area contributed by atoms with Crippen molar-refractivity contribution in [3.8, 4) is 0 Å². The van der Waals surface area contributed by atoms with Gasteiger partial charge in [0, 0.05) is 0 Å². The minimum absolute atomic E-state index is 0. The van der Waals surface area contributed by atoms with E-state index in [4.69, 9.17) is 13.0 Å². The molecule has 1 atom stereocenters. The molecule has 0 aromatic carbocycles. The first-order valence-corrected chi connectivity index (χ1v) is 12.0. The first-order chi connectivity index (χ1) is 7.45. The van der Waals surface area contributed by atoms with Crippen LogP contribution in [0.3, 0.4) is 0 Å². The Balaban J connectivity index is -0.0000000572. The number of hydrogen-bond donors (Lipinski definition) is 2. The number of aliphatic hydroxyl groups excluding tert-OH is 2. The topological polar surface area (TPSA) is 57.5 Å². The summed E-state index contributed by atoms with van der Waals surface area (Å²) in [5.41, 5.74) is 4.25. The van der Waals surface area contributed by atoms with Gasteiger partial charge in [-0.3, -0.25) is 6.08 Å². The van der Waals surface area contributed by atoms with Crippen molar-refractivity contribution in [1.82, 2.24) is 0 Å². The molecular weight excluding hydrogens is 382 g/mol. The summed E-state index contributed by atoms with van der Waals surface area (Å²) in [6.07, 6.45) is 3.36. The van der Waals surface area contributed by atoms with Crippen molar-refractivity contribution in [2.45, 2.75) is 27.7 Å². The molecule has 0 saturated heterocycles. The Morgan fingerprint density at radius 1 is 1.21 bits per heavy atom. The molecular formula is C12H26Cl2O3SiZr-2. The molecule has 1 aliphatic carbocycles. The Bertz CT molecular complexity index is 299. The third kappa shape index (κ3) is 16.8. The van der Waals surface area contributed by atoms with Gasteiger partial charge in [0.2, 0.25) is 0 Å². The van der Waals surface area contributed by atoms with E-state index in [1.54, 1.807) is 6.88 Å². The van der Waals surface area contributed by atoms with E-state index < -0.39 is 21.9 Å². The van der Waals surface area contributed by atoms with E-state index in [9.17, 15) is 0 Å². The molecule has 1 rings (SSSR count). The van der Waals surface area contributed by atoms with Crippen LogP contribution in [-0.4, -0.2) is 30.3 Å². The van der Waals surface area contributed by atoms with Gasteiger partial charge in [-0.25, -0.2) is 5.57 Å². The van der Waals surface area contributed by atoms with Crippen LogP contribution in [0.2, 0.25) is 0 Å². The molecule has 0 aromatic heterocycles. The fourth-order valence-corrected chi connectivity index (χ4v) is 1.16. The first kappa shape index (κ1) is 32.0. The Morgan fingerprint density at radius 2 is 1.53 bits per heavy atom. The normalized spacial score (nSPS) is 14.8. The van der Waals surface area contributed by atoms with E-state index in [-0.39, 0.29) is 45.5 Å². The van der Waals surface area contributed by atoms with Crippen LogP contribution in [0.25, 0.3) is 0 Å². The van der Waals surface area contributed by atoms with Crippen LogP contribution in [0.4, 0.5) is 0 Å². The predicted octanol–water partition coefficient (Wildman–Crippen LogP) is 1.95. The summed E-state index contributed by atoms with van der Waals surface area (Å²) in [6.45, 7) is 10.0. The standard InChI is InChI=1S/C9H13.C2H6O2.CH3.2ClH.O.H2Si.Zr/c1-6-5-7(2)9(4)8(6)3;3-1-2-4;;;;;;/h6H,1-4H3;3-4H,1-2H2;1H3;2*1H;;1H2;/q-1;;-1;;;;;. The molecule has 0 spiro atoms. The number of aliphatic hydroxyl groups is 2. The molecule has 0 aromatic rings. The van der Waals surface area contributed by atoms with Crippen molar-refractivity contribution >= 4 is 31.7 Å². The van der Waals surface area contributed by atoms with Crippen molar-refractivity contribution in [3.63, 3.8) is 0 Å². The van der Waals surface area contributed by atoms with Crippen LogP contribution in [0.1, 0.15) is 27.7 Å². The molecule has 0 aliphatic heterocycles. The predicted molar refractivity (Wildman–Crippen MR) is 84.3 cm³/mol. The molecule has 1 unspecified atom stereocenters. The summed E-state index contributed by atoms with van der Waals surface area (Å²) in [5.74, 6) is 0.560. The van der Waals surface area contributed by atoms with E-state index in [1.807, 2.05) is 0 Å². The second kappa shape index (κ2) is 21.2. The van der Waals surface area contributed by atoms with Crippen LogP contribution in [-0.2, 0) is 24.7 Å². The van der Waals surface area contributed by atoms with Gasteiger partial charge in [-0.15, -0.1) is 31.7 Å². The van der Waals surface area contributed by atoms with Crippen molar-refractivity contribution in [1.29, 1.82) is 0 Å². The first-order valence-electron chi connectivity index (χ1n) is 5.09. The molecule has 0 bridgehead atoms. The van der Waals surface area contributed by atoms with Gasteiger partial charge in [-0.05, 0) is 0 Å². The van der Waals surface area contributed by atoms with E-state index >= 15 is 0 Å². The fraction of sp³-hybridized carbons (Fsp3) is 0.583. The summed E-state index contributed by atoms with van der Waals surface area (Å²) in [4.78, 5) is 0. The number of rotatable bonds is 1. The molecule has 0 fully saturated rings. The van der Waals surface area contributed by atoms with E-state index in [0.717, 1.165) is 0 Å². The van der Waals surface area contributed by atoms with Crippen LogP contribution in [0.15, 0.2) is 16.7 Å². The molecule has 19 heavy (non-hydrogen) atoms. The maximum atomic E-state index is 9.11. The van der Waals surface area contributed by atoms with Crippen molar-refractivity contribution < 1.29 is 34.9 Å². The number of halogens is 2. The number of hydrogen-bond acceptors (Lipinski definition) is 3. The summed E-state index contributed by atoms with van der Waals surface area (Å²) in [6, 6.07) is 0. The van der Waals surface area contributed by atoms with Gasteiger partial charge in [-0.1, -0.05) is 26.7 Å². The third-order valence-corrected chi connectivity index (χ3v) is 2.34. The molecule has 7 heteroatoms. The van der Waals surface area contributed by atoms with Gasteiger partial charge < -0.3 is 17.6 Å². The van der Waals surface area contributed by atoms with E-state index in [1.165, 1.54) is 16.7 Å². The molecule has 3 nitrogen and oxygen atoms in total. The Kier molecular flexibility index (Phi) is 35.7. The number of allylic oxidation sites excluding steroid dienone is 4. The summed E-state index contributed by atoms with van der Waals surface area (Å²) < 4.78 is 9.11. The van der Waals surface area contributed by atoms with E-state index in [0.29, 0.717) is 5.92 Å². The van der Waals surface area contributed by atoms with Gasteiger partial charge in [0.1, 0.15) is 0 Å². The van der Waals surface area contributed by atoms with Crippen molar-refractivity contribution in [2.24, 2.45) is 5.92 Å². The average Bonchev–Trinajstić information content (AvgIpc) is 2.47. The third-order valence-electron chi connectivity index (χ3n) is 2.34. The monoisotopic (exact) mass is 406 g/mol. The fourth-order valence-electron chi connectivity index (χ4n) is 1.16. The van der Waals surface area contributed by atoms with Gasteiger partial charge >= 0.3 is 31.5 Å². The zero-order valence-electron chi connectivity index (χ0n) is 12.3. The van der Waals surface area contributed by atoms with Gasteiger partial charge in [0.25, 0.3) is 0 Å². The Morgan fingerprint density at radius 3 is 1.58 bits per heavy atom. The van der Waals surface area contributed by atoms with Crippen molar-refractivity contribution in [3.05, 3.63) is 30.2 Å². The molecule has 0 saturated carbocycles. The zero-order valence-corrected chi connectivity index (χ0v) is 17.8. The molecule has 0 heterocycles. The summed E-state index contributed by atoms with van der Waals surface area (Å²) >= 11 is -0.992. The molecule has 2 N–H and O–H groups in total. The molecule has 116 valence electrons. The molecule has 1 aliphatic rings. The van der Waals surface area contributed by atoms with Crippen LogP contribution in [0, 0.1) is 19.4 Å². The average molecular weight is 409 g/mol. The van der Waals surface area contributed by atoms with Gasteiger partial charge in [0.05, 0.1) is 13.2 Å². The van der Waals surface area contributed by atoms with Gasteiger partial charge in [0.15, 0.2) is 0 Å². The van der Waals surface area contributed by atoms with E-state index in [2.05, 4.69) is 33.8 Å². The Hall–Kier alpha value is 0.880. The SMILES string of the molecule is CC1=[C-]C(C)C(C)=C1C.Cl.Cl.OCCO.[CH3-].[O]=[Zr]=[SiH2]. The van der Waals surface area contributed by atoms with Crippen molar-refractivity contribution in [2.75, 3.05) is 13.2 Å².